The molecule has 1 aliphatic rings. The van der Waals surface area contributed by atoms with Crippen molar-refractivity contribution >= 4 is 21.6 Å². The van der Waals surface area contributed by atoms with E-state index in [9.17, 15) is 13.2 Å². The largest absolute Gasteiger partial charge is 0.325 e. The van der Waals surface area contributed by atoms with E-state index in [0.29, 0.717) is 18.2 Å². The van der Waals surface area contributed by atoms with Crippen LogP contribution in [0.1, 0.15) is 25.3 Å². The lowest BCUT2D eigenvalue weighted by Crippen LogP contribution is -2.39. The summed E-state index contributed by atoms with van der Waals surface area (Å²) in [6.07, 6.45) is 2.33. The number of anilines is 1. The van der Waals surface area contributed by atoms with E-state index in [1.54, 1.807) is 12.1 Å². The number of amides is 1. The molecule has 0 radical (unpaired) electrons. The summed E-state index contributed by atoms with van der Waals surface area (Å²) in [6.45, 7) is 6.26. The van der Waals surface area contributed by atoms with Gasteiger partial charge in [0.25, 0.3) is 0 Å². The van der Waals surface area contributed by atoms with Crippen LogP contribution >= 0.6 is 0 Å². The Morgan fingerprint density at radius 1 is 1.38 bits per heavy atom. The van der Waals surface area contributed by atoms with Crippen LogP contribution in [0, 0.1) is 12.8 Å². The van der Waals surface area contributed by atoms with Crippen LogP contribution in [0.15, 0.2) is 23.1 Å². The number of nitrogens with one attached hydrogen (secondary N) is 1. The van der Waals surface area contributed by atoms with Crippen molar-refractivity contribution in [1.82, 2.24) is 9.21 Å². The van der Waals surface area contributed by atoms with Crippen LogP contribution in [0.25, 0.3) is 0 Å². The van der Waals surface area contributed by atoms with Crippen LogP contribution in [-0.2, 0) is 14.8 Å². The summed E-state index contributed by atoms with van der Waals surface area (Å²) in [5.74, 6) is 0.508. The number of nitrogens with zero attached hydrogens (tertiary/aromatic N) is 2. The number of hydrogen-bond acceptors (Lipinski definition) is 4. The molecule has 24 heavy (non-hydrogen) atoms. The van der Waals surface area contributed by atoms with E-state index in [1.165, 1.54) is 30.9 Å². The summed E-state index contributed by atoms with van der Waals surface area (Å²) in [6, 6.07) is 4.81. The number of carbonyl (C=O) groups is 1. The average molecular weight is 353 g/mol. The highest BCUT2D eigenvalue weighted by Crippen LogP contribution is 2.22. The van der Waals surface area contributed by atoms with Crippen molar-refractivity contribution in [2.75, 3.05) is 39.0 Å². The minimum absolute atomic E-state index is 0.105. The molecule has 134 valence electrons. The fraction of sp³-hybridized carbons (Fsp3) is 0.588. The van der Waals surface area contributed by atoms with Crippen molar-refractivity contribution in [1.29, 1.82) is 0 Å². The molecule has 1 fully saturated rings. The molecule has 1 heterocycles. The fourth-order valence-corrected chi connectivity index (χ4v) is 3.86. The van der Waals surface area contributed by atoms with E-state index in [4.69, 9.17) is 0 Å². The first-order chi connectivity index (χ1) is 11.2. The average Bonchev–Trinajstić information content (AvgIpc) is 2.49. The van der Waals surface area contributed by atoms with Crippen LogP contribution in [0.4, 0.5) is 5.69 Å². The smallest absolute Gasteiger partial charge is 0.242 e. The molecule has 2 rings (SSSR count). The molecule has 6 nitrogen and oxygen atoms in total. The number of carbonyl (C=O) groups excluding carboxylic acids is 1. The molecule has 1 atom stereocenters. The Morgan fingerprint density at radius 3 is 2.71 bits per heavy atom. The molecule has 0 aromatic heterocycles. The molecule has 0 aliphatic carbocycles. The molecule has 1 aromatic carbocycles. The van der Waals surface area contributed by atoms with Crippen molar-refractivity contribution in [3.63, 3.8) is 0 Å². The van der Waals surface area contributed by atoms with Crippen molar-refractivity contribution in [3.05, 3.63) is 23.8 Å². The van der Waals surface area contributed by atoms with E-state index in [0.717, 1.165) is 25.1 Å². The number of likely N-dealkylation sites (tertiary alicyclic amines) is 1. The maximum Gasteiger partial charge on any atom is 0.242 e. The van der Waals surface area contributed by atoms with Gasteiger partial charge in [0, 0.05) is 26.3 Å². The van der Waals surface area contributed by atoms with Crippen molar-refractivity contribution in [2.24, 2.45) is 5.92 Å². The van der Waals surface area contributed by atoms with Crippen LogP contribution in [0.3, 0.4) is 0 Å². The Balaban J connectivity index is 2.10. The zero-order valence-corrected chi connectivity index (χ0v) is 15.7. The normalized spacial score (nSPS) is 19.5. The molecule has 7 heteroatoms. The fourth-order valence-electron chi connectivity index (χ4n) is 2.93. The zero-order valence-electron chi connectivity index (χ0n) is 14.9. The topological polar surface area (TPSA) is 69.7 Å². The predicted molar refractivity (Wildman–Crippen MR) is 95.5 cm³/mol. The Hall–Kier alpha value is -1.44. The second kappa shape index (κ2) is 7.63. The Labute approximate surface area is 144 Å². The predicted octanol–water partition coefficient (Wildman–Crippen LogP) is 1.92. The SMILES string of the molecule is Cc1ccc(S(=O)(=O)N(C)C)cc1NC(=O)CN1CCCC(C)C1. The standard InChI is InChI=1S/C17H27N3O3S/c1-13-6-5-9-20(11-13)12-17(21)18-16-10-15(8-7-14(16)2)24(22,23)19(3)4/h7-8,10,13H,5-6,9,11-12H2,1-4H3,(H,18,21). The summed E-state index contributed by atoms with van der Waals surface area (Å²) < 4.78 is 25.6. The van der Waals surface area contributed by atoms with Gasteiger partial charge in [-0.3, -0.25) is 9.69 Å². The van der Waals surface area contributed by atoms with E-state index >= 15 is 0 Å². The molecule has 0 bridgehead atoms. The van der Waals surface area contributed by atoms with Gasteiger partial charge < -0.3 is 5.32 Å². The highest BCUT2D eigenvalue weighted by atomic mass is 32.2. The summed E-state index contributed by atoms with van der Waals surface area (Å²) in [7, 11) is -0.533. The Kier molecular flexibility index (Phi) is 6.01. The third kappa shape index (κ3) is 4.55. The van der Waals surface area contributed by atoms with E-state index in [1.807, 2.05) is 6.92 Å². The van der Waals surface area contributed by atoms with Gasteiger partial charge in [0.15, 0.2) is 0 Å². The molecule has 0 spiro atoms. The lowest BCUT2D eigenvalue weighted by molar-refractivity contribution is -0.117. The molecule has 1 aliphatic heterocycles. The molecule has 0 saturated carbocycles. The van der Waals surface area contributed by atoms with E-state index in [-0.39, 0.29) is 10.8 Å². The first kappa shape index (κ1) is 18.9. The molecule has 1 N–H and O–H groups in total. The van der Waals surface area contributed by atoms with Crippen molar-refractivity contribution in [2.45, 2.75) is 31.6 Å². The van der Waals surface area contributed by atoms with Gasteiger partial charge in [-0.05, 0) is 49.9 Å². The highest BCUT2D eigenvalue weighted by Gasteiger charge is 2.21. The van der Waals surface area contributed by atoms with Gasteiger partial charge in [0.1, 0.15) is 0 Å². The number of rotatable bonds is 5. The van der Waals surface area contributed by atoms with Gasteiger partial charge in [0.2, 0.25) is 15.9 Å². The lowest BCUT2D eigenvalue weighted by Gasteiger charge is -2.30. The molecule has 1 saturated heterocycles. The summed E-state index contributed by atoms with van der Waals surface area (Å²) in [5.41, 5.74) is 1.39. The van der Waals surface area contributed by atoms with Gasteiger partial charge in [-0.25, -0.2) is 12.7 Å². The number of piperidine rings is 1. The zero-order chi connectivity index (χ0) is 17.9. The number of aryl methyl sites for hydroxylation is 1. The minimum Gasteiger partial charge on any atom is -0.325 e. The second-order valence-corrected chi connectivity index (χ2v) is 8.95. The monoisotopic (exact) mass is 353 g/mol. The van der Waals surface area contributed by atoms with Gasteiger partial charge in [-0.2, -0.15) is 0 Å². The van der Waals surface area contributed by atoms with Crippen LogP contribution in [-0.4, -0.2) is 57.3 Å². The molecule has 1 aromatic rings. The summed E-state index contributed by atoms with van der Waals surface area (Å²) in [5, 5.41) is 2.86. The van der Waals surface area contributed by atoms with Gasteiger partial charge in [-0.15, -0.1) is 0 Å². The Bertz CT molecular complexity index is 701. The third-order valence-corrected chi connectivity index (χ3v) is 6.18. The maximum absolute atomic E-state index is 12.3. The first-order valence-electron chi connectivity index (χ1n) is 8.25. The second-order valence-electron chi connectivity index (χ2n) is 6.79. The van der Waals surface area contributed by atoms with Gasteiger partial charge in [0.05, 0.1) is 11.4 Å². The number of sulfonamides is 1. The van der Waals surface area contributed by atoms with Crippen molar-refractivity contribution in [3.8, 4) is 0 Å². The molecular weight excluding hydrogens is 326 g/mol. The van der Waals surface area contributed by atoms with Crippen LogP contribution < -0.4 is 5.32 Å². The van der Waals surface area contributed by atoms with E-state index < -0.39 is 10.0 Å². The van der Waals surface area contributed by atoms with Crippen LogP contribution in [0.2, 0.25) is 0 Å². The van der Waals surface area contributed by atoms with Crippen LogP contribution in [0.5, 0.6) is 0 Å². The number of benzene rings is 1. The maximum atomic E-state index is 12.3. The first-order valence-corrected chi connectivity index (χ1v) is 9.69. The summed E-state index contributed by atoms with van der Waals surface area (Å²) >= 11 is 0. The van der Waals surface area contributed by atoms with Gasteiger partial charge >= 0.3 is 0 Å². The molecular formula is C17H27N3O3S. The highest BCUT2D eigenvalue weighted by molar-refractivity contribution is 7.89. The molecule has 1 amide bonds. The number of hydrogen-bond donors (Lipinski definition) is 1. The Morgan fingerprint density at radius 2 is 2.08 bits per heavy atom. The van der Waals surface area contributed by atoms with Crippen molar-refractivity contribution < 1.29 is 13.2 Å². The van der Waals surface area contributed by atoms with E-state index in [2.05, 4.69) is 17.1 Å². The lowest BCUT2D eigenvalue weighted by atomic mass is 10.0. The third-order valence-electron chi connectivity index (χ3n) is 4.37. The molecule has 1 unspecified atom stereocenters. The van der Waals surface area contributed by atoms with Gasteiger partial charge in [-0.1, -0.05) is 13.0 Å². The quantitative estimate of drug-likeness (QED) is 0.878. The minimum atomic E-state index is -3.51. The summed E-state index contributed by atoms with van der Waals surface area (Å²) in [4.78, 5) is 14.7.